The quantitative estimate of drug-likeness (QED) is 0.0169. The Hall–Kier alpha value is -2.46. The molecule has 518 valence electrons. The molecule has 19 heteroatoms. The summed E-state index contributed by atoms with van der Waals surface area (Å²) in [5, 5.41) is 10.5. The van der Waals surface area contributed by atoms with Gasteiger partial charge in [0.15, 0.2) is 12.2 Å². The summed E-state index contributed by atoms with van der Waals surface area (Å²) in [5.74, 6) is -0.659. The maximum Gasteiger partial charge on any atom is 0.472 e. The Morgan fingerprint density at radius 1 is 0.352 bits per heavy atom. The number of unbranched alkanes of at least 4 members (excludes halogenated alkanes) is 33. The van der Waals surface area contributed by atoms with Gasteiger partial charge in [-0.25, -0.2) is 9.13 Å². The minimum absolute atomic E-state index is 0.100. The fourth-order valence-electron chi connectivity index (χ4n) is 9.87. The van der Waals surface area contributed by atoms with Crippen molar-refractivity contribution in [2.75, 3.05) is 39.6 Å². The van der Waals surface area contributed by atoms with E-state index in [1.54, 1.807) is 0 Å². The molecule has 0 aliphatic rings. The molecule has 0 heterocycles. The van der Waals surface area contributed by atoms with Gasteiger partial charge in [-0.15, -0.1) is 0 Å². The summed E-state index contributed by atoms with van der Waals surface area (Å²) in [6.07, 6.45) is 48.5. The zero-order chi connectivity index (χ0) is 65.0. The van der Waals surface area contributed by atoms with Crippen molar-refractivity contribution < 1.29 is 80.2 Å². The molecule has 0 aromatic heterocycles. The molecular weight excluding hydrogens is 1160 g/mol. The Morgan fingerprint density at radius 2 is 0.614 bits per heavy atom. The van der Waals surface area contributed by atoms with E-state index < -0.39 is 97.5 Å². The summed E-state index contributed by atoms with van der Waals surface area (Å²) in [5.41, 5.74) is 0. The molecule has 0 fully saturated rings. The van der Waals surface area contributed by atoms with Crippen LogP contribution in [0.3, 0.4) is 0 Å². The number of hydrogen-bond donors (Lipinski definition) is 3. The van der Waals surface area contributed by atoms with E-state index in [1.807, 2.05) is 0 Å². The lowest BCUT2D eigenvalue weighted by atomic mass is 10.0. The number of hydrogen-bond acceptors (Lipinski definition) is 15. The van der Waals surface area contributed by atoms with Crippen LogP contribution in [0.1, 0.15) is 324 Å². The normalized spacial score (nSPS) is 14.4. The van der Waals surface area contributed by atoms with Gasteiger partial charge in [0.1, 0.15) is 19.3 Å². The van der Waals surface area contributed by atoms with Crippen molar-refractivity contribution in [2.45, 2.75) is 342 Å². The molecular formula is C69H130O17P2. The standard InChI is InChI=1S/C69H130O17P2/c1-7-9-11-13-14-15-16-17-18-22-25-28-34-40-46-52-67(72)80-58-65(86-68(73)53-47-41-35-29-26-23-20-19-21-24-27-32-38-43-49-61(3)4)60-84-88(77,78)82-56-63(70)55-81-87(75,76)83-59-64(57-79-66(71)51-45-37-12-10-8-2)85-69(74)54-48-42-36-31-30-33-39-44-50-62(5)6/h15-18,61-65,70H,7-14,19-60H2,1-6H3,(H,75,76)(H,77,78)/b16-15-,18-17-/t63-,64+,65+/m0/s1. The van der Waals surface area contributed by atoms with E-state index in [9.17, 15) is 43.2 Å². The first kappa shape index (κ1) is 85.5. The smallest absolute Gasteiger partial charge is 0.462 e. The fourth-order valence-corrected chi connectivity index (χ4v) is 11.5. The molecule has 3 N–H and O–H groups in total. The number of phosphoric acid groups is 2. The Labute approximate surface area is 535 Å². The first-order valence-corrected chi connectivity index (χ1v) is 38.3. The molecule has 0 bridgehead atoms. The Morgan fingerprint density at radius 3 is 0.932 bits per heavy atom. The molecule has 17 nitrogen and oxygen atoms in total. The van der Waals surface area contributed by atoms with Crippen molar-refractivity contribution in [1.29, 1.82) is 0 Å². The summed E-state index contributed by atoms with van der Waals surface area (Å²) in [6.45, 7) is 9.36. The molecule has 0 amide bonds. The Balaban J connectivity index is 5.20. The lowest BCUT2D eigenvalue weighted by molar-refractivity contribution is -0.161. The van der Waals surface area contributed by atoms with Gasteiger partial charge in [0, 0.05) is 25.7 Å². The van der Waals surface area contributed by atoms with Crippen molar-refractivity contribution in [3.8, 4) is 0 Å². The largest absolute Gasteiger partial charge is 0.472 e. The van der Waals surface area contributed by atoms with Crippen LogP contribution in [0.2, 0.25) is 0 Å². The number of aliphatic hydroxyl groups is 1. The Kier molecular flexibility index (Phi) is 59.1. The number of carbonyl (C=O) groups is 4. The lowest BCUT2D eigenvalue weighted by Crippen LogP contribution is -2.30. The van der Waals surface area contributed by atoms with Gasteiger partial charge in [-0.1, -0.05) is 271 Å². The van der Waals surface area contributed by atoms with Crippen molar-refractivity contribution in [1.82, 2.24) is 0 Å². The average Bonchev–Trinajstić information content (AvgIpc) is 3.63. The zero-order valence-corrected chi connectivity index (χ0v) is 58.3. The van der Waals surface area contributed by atoms with E-state index in [2.05, 4.69) is 65.8 Å². The topological polar surface area (TPSA) is 237 Å². The minimum atomic E-state index is -4.96. The van der Waals surface area contributed by atoms with Crippen LogP contribution in [0.4, 0.5) is 0 Å². The fraction of sp³-hybridized carbons (Fsp3) is 0.884. The summed E-state index contributed by atoms with van der Waals surface area (Å²) in [4.78, 5) is 72.2. The van der Waals surface area contributed by atoms with Crippen LogP contribution in [-0.4, -0.2) is 96.7 Å². The molecule has 0 aromatic carbocycles. The number of rotatable bonds is 66. The molecule has 0 aliphatic carbocycles. The maximum absolute atomic E-state index is 13.0. The molecule has 5 atom stereocenters. The van der Waals surface area contributed by atoms with Crippen molar-refractivity contribution in [2.24, 2.45) is 11.8 Å². The highest BCUT2D eigenvalue weighted by molar-refractivity contribution is 7.47. The van der Waals surface area contributed by atoms with E-state index in [0.717, 1.165) is 127 Å². The average molecular weight is 1290 g/mol. The molecule has 0 saturated carbocycles. The molecule has 0 aromatic rings. The van der Waals surface area contributed by atoms with Gasteiger partial charge in [-0.3, -0.25) is 37.3 Å². The number of esters is 4. The van der Waals surface area contributed by atoms with Crippen LogP contribution in [-0.2, 0) is 65.4 Å². The second-order valence-corrected chi connectivity index (χ2v) is 28.1. The third-order valence-corrected chi connectivity index (χ3v) is 17.2. The van der Waals surface area contributed by atoms with Crippen LogP contribution < -0.4 is 0 Å². The molecule has 2 unspecified atom stereocenters. The number of ether oxygens (including phenoxy) is 4. The highest BCUT2D eigenvalue weighted by Gasteiger charge is 2.30. The molecule has 0 aliphatic heterocycles. The maximum atomic E-state index is 13.0. The predicted octanol–water partition coefficient (Wildman–Crippen LogP) is 19.2. The van der Waals surface area contributed by atoms with E-state index in [1.165, 1.54) is 116 Å². The van der Waals surface area contributed by atoms with Crippen LogP contribution in [0.25, 0.3) is 0 Å². The molecule has 0 saturated heterocycles. The summed E-state index contributed by atoms with van der Waals surface area (Å²) in [6, 6.07) is 0. The summed E-state index contributed by atoms with van der Waals surface area (Å²) < 4.78 is 68.0. The van der Waals surface area contributed by atoms with Crippen LogP contribution in [0.5, 0.6) is 0 Å². The van der Waals surface area contributed by atoms with E-state index in [4.69, 9.17) is 37.0 Å². The van der Waals surface area contributed by atoms with E-state index in [0.29, 0.717) is 25.7 Å². The number of allylic oxidation sites excluding steroid dienone is 4. The number of phosphoric ester groups is 2. The van der Waals surface area contributed by atoms with Gasteiger partial charge in [-0.2, -0.15) is 0 Å². The summed E-state index contributed by atoms with van der Waals surface area (Å²) >= 11 is 0. The Bertz CT molecular complexity index is 1810. The van der Waals surface area contributed by atoms with Crippen molar-refractivity contribution in [3.05, 3.63) is 24.3 Å². The predicted molar refractivity (Wildman–Crippen MR) is 354 cm³/mol. The van der Waals surface area contributed by atoms with Crippen molar-refractivity contribution >= 4 is 39.5 Å². The monoisotopic (exact) mass is 1290 g/mol. The van der Waals surface area contributed by atoms with Gasteiger partial charge >= 0.3 is 39.5 Å². The first-order valence-electron chi connectivity index (χ1n) is 35.3. The summed E-state index contributed by atoms with van der Waals surface area (Å²) in [7, 11) is -9.90. The minimum Gasteiger partial charge on any atom is -0.462 e. The highest BCUT2D eigenvalue weighted by Crippen LogP contribution is 2.45. The van der Waals surface area contributed by atoms with Gasteiger partial charge in [0.05, 0.1) is 26.4 Å². The van der Waals surface area contributed by atoms with Gasteiger partial charge in [0.2, 0.25) is 0 Å². The van der Waals surface area contributed by atoms with E-state index >= 15 is 0 Å². The number of aliphatic hydroxyl groups excluding tert-OH is 1. The van der Waals surface area contributed by atoms with Gasteiger partial charge < -0.3 is 33.8 Å². The van der Waals surface area contributed by atoms with Crippen molar-refractivity contribution in [3.63, 3.8) is 0 Å². The first-order chi connectivity index (χ1) is 42.4. The third-order valence-electron chi connectivity index (χ3n) is 15.3. The van der Waals surface area contributed by atoms with Crippen LogP contribution >= 0.6 is 15.6 Å². The van der Waals surface area contributed by atoms with Gasteiger partial charge in [-0.05, 0) is 63.2 Å². The van der Waals surface area contributed by atoms with Crippen LogP contribution in [0.15, 0.2) is 24.3 Å². The molecule has 0 spiro atoms. The molecule has 88 heavy (non-hydrogen) atoms. The highest BCUT2D eigenvalue weighted by atomic mass is 31.2. The molecule has 0 rings (SSSR count). The lowest BCUT2D eigenvalue weighted by Gasteiger charge is -2.21. The second-order valence-electron chi connectivity index (χ2n) is 25.2. The van der Waals surface area contributed by atoms with E-state index in [-0.39, 0.29) is 25.7 Å². The van der Waals surface area contributed by atoms with Gasteiger partial charge in [0.25, 0.3) is 0 Å². The second kappa shape index (κ2) is 60.8. The number of carbonyl (C=O) groups excluding carboxylic acids is 4. The SMILES string of the molecule is CCCCCC/C=C\C=C/CCCCCCCC(=O)OC[C@H](COP(=O)(O)OC[C@@H](O)COP(=O)(O)OC[C@@H](COC(=O)CCCCCCC)OC(=O)CCCCCCCCCCC(C)C)OC(=O)CCCCCCCCCCCCCCCCC(C)C. The van der Waals surface area contributed by atoms with Crippen LogP contribution in [0, 0.1) is 11.8 Å². The third kappa shape index (κ3) is 62.4. The zero-order valence-electron chi connectivity index (χ0n) is 56.5. The molecule has 0 radical (unpaired) electrons.